The SMILES string of the molecule is O=S(=O)(c1ccccc1)N1CCN(c2ccc(Br)cn2)CC1. The summed E-state index contributed by atoms with van der Waals surface area (Å²) in [4.78, 5) is 6.81. The standard InChI is InChI=1S/C15H16BrN3O2S/c16-13-6-7-15(17-12-13)18-8-10-19(11-9-18)22(20,21)14-4-2-1-3-5-14/h1-7,12H,8-11H2. The topological polar surface area (TPSA) is 53.5 Å². The predicted molar refractivity (Wildman–Crippen MR) is 89.4 cm³/mol. The van der Waals surface area contributed by atoms with Crippen LogP contribution in [-0.4, -0.2) is 43.9 Å². The van der Waals surface area contributed by atoms with E-state index in [1.807, 2.05) is 18.2 Å². The highest BCUT2D eigenvalue weighted by Crippen LogP contribution is 2.20. The molecule has 0 saturated carbocycles. The number of hydrogen-bond acceptors (Lipinski definition) is 4. The predicted octanol–water partition coefficient (Wildman–Crippen LogP) is 2.36. The van der Waals surface area contributed by atoms with Crippen LogP contribution in [-0.2, 0) is 10.0 Å². The van der Waals surface area contributed by atoms with Gasteiger partial charge in [0.2, 0.25) is 10.0 Å². The third-order valence-corrected chi connectivity index (χ3v) is 6.04. The summed E-state index contributed by atoms with van der Waals surface area (Å²) in [5, 5.41) is 0. The lowest BCUT2D eigenvalue weighted by Gasteiger charge is -2.34. The number of rotatable bonds is 3. The number of benzene rings is 1. The summed E-state index contributed by atoms with van der Waals surface area (Å²) in [7, 11) is -3.40. The minimum Gasteiger partial charge on any atom is -0.354 e. The Balaban J connectivity index is 1.70. The van der Waals surface area contributed by atoms with Crippen LogP contribution in [0.3, 0.4) is 0 Å². The fraction of sp³-hybridized carbons (Fsp3) is 0.267. The molecule has 1 aromatic heterocycles. The number of piperazine rings is 1. The second-order valence-electron chi connectivity index (χ2n) is 5.04. The van der Waals surface area contributed by atoms with E-state index in [0.29, 0.717) is 31.1 Å². The first-order valence-corrected chi connectivity index (χ1v) is 9.22. The molecule has 1 fully saturated rings. The zero-order valence-electron chi connectivity index (χ0n) is 11.9. The first-order valence-electron chi connectivity index (χ1n) is 6.99. The Morgan fingerprint density at radius 3 is 2.23 bits per heavy atom. The lowest BCUT2D eigenvalue weighted by atomic mass is 10.3. The van der Waals surface area contributed by atoms with Gasteiger partial charge in [-0.1, -0.05) is 18.2 Å². The van der Waals surface area contributed by atoms with Gasteiger partial charge in [-0.2, -0.15) is 4.31 Å². The molecule has 1 aliphatic rings. The normalized spacial score (nSPS) is 16.7. The second-order valence-corrected chi connectivity index (χ2v) is 7.89. The molecule has 7 heteroatoms. The molecule has 1 saturated heterocycles. The molecule has 2 aromatic rings. The van der Waals surface area contributed by atoms with Crippen LogP contribution >= 0.6 is 15.9 Å². The lowest BCUT2D eigenvalue weighted by Crippen LogP contribution is -2.48. The summed E-state index contributed by atoms with van der Waals surface area (Å²) in [6.07, 6.45) is 1.75. The lowest BCUT2D eigenvalue weighted by molar-refractivity contribution is 0.384. The van der Waals surface area contributed by atoms with Crippen molar-refractivity contribution in [2.75, 3.05) is 31.1 Å². The van der Waals surface area contributed by atoms with Gasteiger partial charge in [0.05, 0.1) is 4.90 Å². The van der Waals surface area contributed by atoms with Gasteiger partial charge in [-0.05, 0) is 40.2 Å². The quantitative estimate of drug-likeness (QED) is 0.818. The Kier molecular flexibility index (Phi) is 4.46. The molecule has 0 radical (unpaired) electrons. The van der Waals surface area contributed by atoms with Crippen LogP contribution in [0.2, 0.25) is 0 Å². The number of sulfonamides is 1. The van der Waals surface area contributed by atoms with E-state index in [1.165, 1.54) is 4.31 Å². The van der Waals surface area contributed by atoms with Crippen molar-refractivity contribution in [1.82, 2.24) is 9.29 Å². The van der Waals surface area contributed by atoms with Crippen LogP contribution in [0, 0.1) is 0 Å². The van der Waals surface area contributed by atoms with Crippen molar-refractivity contribution in [3.05, 3.63) is 53.1 Å². The van der Waals surface area contributed by atoms with Crippen LogP contribution in [0.4, 0.5) is 5.82 Å². The Morgan fingerprint density at radius 1 is 0.955 bits per heavy atom. The molecule has 0 spiro atoms. The molecule has 5 nitrogen and oxygen atoms in total. The minimum absolute atomic E-state index is 0.352. The van der Waals surface area contributed by atoms with Crippen molar-refractivity contribution in [3.8, 4) is 0 Å². The third-order valence-electron chi connectivity index (χ3n) is 3.66. The number of nitrogens with zero attached hydrogens (tertiary/aromatic N) is 3. The number of aromatic nitrogens is 1. The Hall–Kier alpha value is -1.44. The van der Waals surface area contributed by atoms with Gasteiger partial charge in [0.1, 0.15) is 5.82 Å². The maximum atomic E-state index is 12.6. The van der Waals surface area contributed by atoms with E-state index in [1.54, 1.807) is 30.5 Å². The monoisotopic (exact) mass is 381 g/mol. The van der Waals surface area contributed by atoms with Crippen molar-refractivity contribution in [2.24, 2.45) is 0 Å². The maximum absolute atomic E-state index is 12.6. The fourth-order valence-electron chi connectivity index (χ4n) is 2.45. The van der Waals surface area contributed by atoms with Gasteiger partial charge in [-0.3, -0.25) is 0 Å². The fourth-order valence-corrected chi connectivity index (χ4v) is 4.13. The van der Waals surface area contributed by atoms with Gasteiger partial charge in [0.25, 0.3) is 0 Å². The van der Waals surface area contributed by atoms with E-state index in [4.69, 9.17) is 0 Å². The summed E-state index contributed by atoms with van der Waals surface area (Å²) in [5.74, 6) is 0.875. The Bertz CT molecular complexity index is 727. The average Bonchev–Trinajstić information content (AvgIpc) is 2.56. The molecule has 0 aliphatic carbocycles. The molecule has 116 valence electrons. The van der Waals surface area contributed by atoms with Gasteiger partial charge < -0.3 is 4.90 Å². The number of anilines is 1. The zero-order chi connectivity index (χ0) is 15.6. The highest BCUT2D eigenvalue weighted by atomic mass is 79.9. The van der Waals surface area contributed by atoms with Gasteiger partial charge in [0, 0.05) is 36.8 Å². The van der Waals surface area contributed by atoms with Crippen molar-refractivity contribution >= 4 is 31.8 Å². The molecule has 2 heterocycles. The molecular weight excluding hydrogens is 366 g/mol. The smallest absolute Gasteiger partial charge is 0.243 e. The van der Waals surface area contributed by atoms with Gasteiger partial charge in [-0.25, -0.2) is 13.4 Å². The Labute approximate surface area is 138 Å². The van der Waals surface area contributed by atoms with Crippen molar-refractivity contribution in [1.29, 1.82) is 0 Å². The molecule has 0 unspecified atom stereocenters. The summed E-state index contributed by atoms with van der Waals surface area (Å²) < 4.78 is 27.6. The van der Waals surface area contributed by atoms with E-state index >= 15 is 0 Å². The highest BCUT2D eigenvalue weighted by molar-refractivity contribution is 9.10. The number of halogens is 1. The van der Waals surface area contributed by atoms with Crippen LogP contribution in [0.25, 0.3) is 0 Å². The molecule has 0 atom stereocenters. The first-order chi connectivity index (χ1) is 10.6. The molecule has 1 aliphatic heterocycles. The summed E-state index contributed by atoms with van der Waals surface area (Å²) in [6.45, 7) is 2.21. The van der Waals surface area contributed by atoms with Crippen LogP contribution in [0.5, 0.6) is 0 Å². The molecule has 22 heavy (non-hydrogen) atoms. The van der Waals surface area contributed by atoms with E-state index in [9.17, 15) is 8.42 Å². The Morgan fingerprint density at radius 2 is 1.64 bits per heavy atom. The van der Waals surface area contributed by atoms with E-state index in [0.717, 1.165) is 10.3 Å². The van der Waals surface area contributed by atoms with Crippen molar-refractivity contribution in [2.45, 2.75) is 4.90 Å². The van der Waals surface area contributed by atoms with Crippen LogP contribution < -0.4 is 4.90 Å². The van der Waals surface area contributed by atoms with Crippen molar-refractivity contribution in [3.63, 3.8) is 0 Å². The molecule has 3 rings (SSSR count). The first kappa shape index (κ1) is 15.5. The molecular formula is C15H16BrN3O2S. The number of pyridine rings is 1. The van der Waals surface area contributed by atoms with E-state index in [2.05, 4.69) is 25.8 Å². The van der Waals surface area contributed by atoms with Crippen molar-refractivity contribution < 1.29 is 8.42 Å². The number of hydrogen-bond donors (Lipinski definition) is 0. The third kappa shape index (κ3) is 3.16. The van der Waals surface area contributed by atoms with Crippen LogP contribution in [0.1, 0.15) is 0 Å². The zero-order valence-corrected chi connectivity index (χ0v) is 14.3. The average molecular weight is 382 g/mol. The van der Waals surface area contributed by atoms with Gasteiger partial charge in [-0.15, -0.1) is 0 Å². The summed E-state index contributed by atoms with van der Waals surface area (Å²) in [5.41, 5.74) is 0. The highest BCUT2D eigenvalue weighted by Gasteiger charge is 2.28. The van der Waals surface area contributed by atoms with Gasteiger partial charge in [0.15, 0.2) is 0 Å². The largest absolute Gasteiger partial charge is 0.354 e. The summed E-state index contributed by atoms with van der Waals surface area (Å²) >= 11 is 3.36. The molecule has 0 amide bonds. The van der Waals surface area contributed by atoms with E-state index in [-0.39, 0.29) is 0 Å². The summed E-state index contributed by atoms with van der Waals surface area (Å²) in [6, 6.07) is 12.5. The maximum Gasteiger partial charge on any atom is 0.243 e. The molecule has 0 N–H and O–H groups in total. The second kappa shape index (κ2) is 6.36. The minimum atomic E-state index is -3.40. The molecule has 0 bridgehead atoms. The van der Waals surface area contributed by atoms with Crippen LogP contribution in [0.15, 0.2) is 58.0 Å². The van der Waals surface area contributed by atoms with Gasteiger partial charge >= 0.3 is 0 Å². The van der Waals surface area contributed by atoms with E-state index < -0.39 is 10.0 Å². The molecule has 1 aromatic carbocycles.